The second-order valence-electron chi connectivity index (χ2n) is 12.4. The first-order chi connectivity index (χ1) is 24.4. The van der Waals surface area contributed by atoms with Crippen molar-refractivity contribution < 1.29 is 49.8 Å². The molecule has 0 bridgehead atoms. The Morgan fingerprint density at radius 2 is 1.53 bits per heavy atom. The smallest absolute Gasteiger partial charge is 0.339 e. The zero-order chi connectivity index (χ0) is 36.4. The first-order valence-electron chi connectivity index (χ1n) is 16.2. The van der Waals surface area contributed by atoms with E-state index in [9.17, 15) is 45.1 Å². The summed E-state index contributed by atoms with van der Waals surface area (Å²) in [6, 6.07) is 14.7. The van der Waals surface area contributed by atoms with Gasteiger partial charge in [0.2, 0.25) is 21.7 Å². The number of ether oxygens (including phenoxy) is 1. The fourth-order valence-electron chi connectivity index (χ4n) is 6.38. The number of nitrogens with zero attached hydrogens (tertiary/aromatic N) is 3. The molecule has 1 aromatic heterocycles. The number of benzene rings is 3. The average molecular weight is 730 g/mol. The molecule has 51 heavy (non-hydrogen) atoms. The van der Waals surface area contributed by atoms with Gasteiger partial charge >= 0.3 is 5.97 Å². The fraction of sp³-hybridized carbons (Fsp3) is 0.306. The van der Waals surface area contributed by atoms with Crippen LogP contribution in [0.25, 0.3) is 0 Å². The summed E-state index contributed by atoms with van der Waals surface area (Å²) in [5, 5.41) is 9.86. The monoisotopic (exact) mass is 729 g/mol. The number of carboxylic acids is 1. The Balaban J connectivity index is 1.36. The van der Waals surface area contributed by atoms with Gasteiger partial charge in [-0.2, -0.15) is 4.31 Å². The molecule has 0 spiro atoms. The Bertz CT molecular complexity index is 2030. The van der Waals surface area contributed by atoms with E-state index < -0.39 is 68.5 Å². The molecule has 1 atom stereocenters. The highest BCUT2D eigenvalue weighted by Gasteiger charge is 2.48. The van der Waals surface area contributed by atoms with Crippen molar-refractivity contribution in [2.45, 2.75) is 68.5 Å². The molecule has 2 heterocycles. The van der Waals surface area contributed by atoms with Gasteiger partial charge in [0.05, 0.1) is 12.2 Å². The Hall–Kier alpha value is -4.89. The summed E-state index contributed by atoms with van der Waals surface area (Å²) in [5.74, 6) is -14.5. The predicted octanol–water partition coefficient (Wildman–Crippen LogP) is 7.10. The largest absolute Gasteiger partial charge is 0.488 e. The molecule has 268 valence electrons. The van der Waals surface area contributed by atoms with Crippen molar-refractivity contribution in [1.82, 2.24) is 9.29 Å². The van der Waals surface area contributed by atoms with Crippen LogP contribution in [-0.2, 0) is 28.0 Å². The van der Waals surface area contributed by atoms with Crippen LogP contribution in [0.2, 0.25) is 0 Å². The summed E-state index contributed by atoms with van der Waals surface area (Å²) in [6.07, 6.45) is 6.95. The van der Waals surface area contributed by atoms with E-state index in [1.807, 2.05) is 6.07 Å². The van der Waals surface area contributed by atoms with E-state index in [1.165, 1.54) is 18.2 Å². The van der Waals surface area contributed by atoms with Gasteiger partial charge in [0.15, 0.2) is 28.2 Å². The lowest BCUT2D eigenvalue weighted by Gasteiger charge is -2.41. The number of hydrogen-bond donors (Lipinski definition) is 1. The number of carbonyl (C=O) groups excluding carboxylic acids is 1. The number of aromatic nitrogens is 1. The van der Waals surface area contributed by atoms with Gasteiger partial charge < -0.3 is 14.7 Å². The lowest BCUT2D eigenvalue weighted by atomic mass is 9.85. The molecule has 1 N–H and O–H groups in total. The Morgan fingerprint density at radius 1 is 0.863 bits per heavy atom. The van der Waals surface area contributed by atoms with Gasteiger partial charge in [-0.05, 0) is 54.5 Å². The number of sulfonamides is 1. The molecular formula is C36H32F5N3O6S. The number of rotatable bonds is 11. The molecule has 2 fully saturated rings. The van der Waals surface area contributed by atoms with E-state index in [-0.39, 0.29) is 36.6 Å². The Kier molecular flexibility index (Phi) is 10.4. The Labute approximate surface area is 290 Å². The highest BCUT2D eigenvalue weighted by atomic mass is 32.2. The number of carboxylic acid groups (broad SMARTS) is 1. The number of halogens is 5. The molecule has 3 aromatic carbocycles. The molecule has 1 aliphatic carbocycles. The van der Waals surface area contributed by atoms with Crippen LogP contribution in [0.4, 0.5) is 27.6 Å². The van der Waals surface area contributed by atoms with Crippen LogP contribution in [-0.4, -0.2) is 47.3 Å². The highest BCUT2D eigenvalue weighted by molar-refractivity contribution is 7.89. The predicted molar refractivity (Wildman–Crippen MR) is 174 cm³/mol. The highest BCUT2D eigenvalue weighted by Crippen LogP contribution is 2.37. The van der Waals surface area contributed by atoms with Crippen molar-refractivity contribution in [3.63, 3.8) is 0 Å². The maximum Gasteiger partial charge on any atom is 0.339 e. The van der Waals surface area contributed by atoms with Crippen molar-refractivity contribution in [2.24, 2.45) is 0 Å². The molecular weight excluding hydrogens is 697 g/mol. The lowest BCUT2D eigenvalue weighted by molar-refractivity contribution is -0.125. The van der Waals surface area contributed by atoms with E-state index in [1.54, 1.807) is 42.6 Å². The molecule has 0 unspecified atom stereocenters. The van der Waals surface area contributed by atoms with E-state index in [0.717, 1.165) is 48.1 Å². The first-order valence-corrected chi connectivity index (χ1v) is 17.7. The van der Waals surface area contributed by atoms with Gasteiger partial charge in [0.1, 0.15) is 24.0 Å². The van der Waals surface area contributed by atoms with Crippen molar-refractivity contribution in [2.75, 3.05) is 11.4 Å². The zero-order valence-corrected chi connectivity index (χ0v) is 27.8. The number of pyridine rings is 1. The molecule has 2 aliphatic rings. The summed E-state index contributed by atoms with van der Waals surface area (Å²) >= 11 is 0. The van der Waals surface area contributed by atoms with Crippen LogP contribution in [0.5, 0.6) is 5.75 Å². The summed E-state index contributed by atoms with van der Waals surface area (Å²) in [4.78, 5) is 29.9. The van der Waals surface area contributed by atoms with Crippen molar-refractivity contribution >= 4 is 27.6 Å². The second kappa shape index (κ2) is 14.8. The standard InChI is InChI=1S/C36H32F5N3O6S/c37-29-30(38)32(40)34(33(41)31(29)39)51(48,49)44-16-15-27(44)35(45)43(19-24-12-11-23(18-42-24)22-9-5-2-6-10-22)25-13-14-26(36(46)47)28(17-25)50-20-21-7-3-1-4-8-21/h1,3-4,7-8,11-14,17-18,22,27H,2,5-6,9-10,15-16,19-20H2,(H,46,47)/t27-/m1/s1. The topological polar surface area (TPSA) is 117 Å². The molecule has 0 radical (unpaired) electrons. The molecule has 4 aromatic rings. The van der Waals surface area contributed by atoms with Gasteiger partial charge in [0, 0.05) is 24.5 Å². The maximum atomic E-state index is 14.7. The fourth-order valence-corrected chi connectivity index (χ4v) is 8.13. The van der Waals surface area contributed by atoms with Gasteiger partial charge in [-0.1, -0.05) is 55.7 Å². The number of amides is 1. The lowest BCUT2D eigenvalue weighted by Crippen LogP contribution is -2.59. The van der Waals surface area contributed by atoms with Gasteiger partial charge in [-0.25, -0.2) is 35.2 Å². The van der Waals surface area contributed by atoms with Crippen LogP contribution in [0.1, 0.15) is 71.6 Å². The summed E-state index contributed by atoms with van der Waals surface area (Å²) in [6.45, 7) is -0.732. The number of anilines is 1. The molecule has 6 rings (SSSR count). The number of aromatic carboxylic acids is 1. The van der Waals surface area contributed by atoms with E-state index >= 15 is 0 Å². The first kappa shape index (κ1) is 35.9. The SMILES string of the molecule is O=C(O)c1ccc(N(Cc2ccc(C3CCCCC3)cn2)C(=O)[C@H]2CCN2S(=O)(=O)c2c(F)c(F)c(F)c(F)c2F)cc1OCc1ccccc1. The van der Waals surface area contributed by atoms with E-state index in [4.69, 9.17) is 4.74 Å². The average Bonchev–Trinajstić information content (AvgIpc) is 3.11. The van der Waals surface area contributed by atoms with Crippen LogP contribution in [0.15, 0.2) is 71.8 Å². The van der Waals surface area contributed by atoms with E-state index in [0.29, 0.717) is 15.9 Å². The van der Waals surface area contributed by atoms with Crippen LogP contribution < -0.4 is 9.64 Å². The summed E-state index contributed by atoms with van der Waals surface area (Å²) < 4.78 is 104. The van der Waals surface area contributed by atoms with Gasteiger partial charge in [-0.15, -0.1) is 0 Å². The maximum absolute atomic E-state index is 14.7. The van der Waals surface area contributed by atoms with Gasteiger partial charge in [-0.3, -0.25) is 9.78 Å². The minimum Gasteiger partial charge on any atom is -0.488 e. The quantitative estimate of drug-likeness (QED) is 0.0995. The third kappa shape index (κ3) is 7.17. The third-order valence-electron chi connectivity index (χ3n) is 9.25. The summed E-state index contributed by atoms with van der Waals surface area (Å²) in [5.41, 5.74) is 1.98. The Morgan fingerprint density at radius 3 is 2.12 bits per heavy atom. The molecule has 1 saturated heterocycles. The van der Waals surface area contributed by atoms with Crippen LogP contribution in [0, 0.1) is 29.1 Å². The molecule has 1 saturated carbocycles. The normalized spacial score (nSPS) is 16.8. The van der Waals surface area contributed by atoms with Gasteiger partial charge in [0.25, 0.3) is 0 Å². The molecule has 15 heteroatoms. The minimum absolute atomic E-state index is 0.0285. The zero-order valence-electron chi connectivity index (χ0n) is 27.0. The van der Waals surface area contributed by atoms with E-state index in [2.05, 4.69) is 4.98 Å². The van der Waals surface area contributed by atoms with Crippen molar-refractivity contribution in [3.8, 4) is 5.75 Å². The number of carbonyl (C=O) groups is 2. The van der Waals surface area contributed by atoms with Crippen LogP contribution >= 0.6 is 0 Å². The van der Waals surface area contributed by atoms with Crippen molar-refractivity contribution in [1.29, 1.82) is 0 Å². The van der Waals surface area contributed by atoms with Crippen molar-refractivity contribution in [3.05, 3.63) is 118 Å². The minimum atomic E-state index is -5.42. The third-order valence-corrected chi connectivity index (χ3v) is 11.2. The molecule has 1 amide bonds. The molecule has 1 aliphatic heterocycles. The second-order valence-corrected chi connectivity index (χ2v) is 14.2. The van der Waals surface area contributed by atoms with Crippen LogP contribution in [0.3, 0.4) is 0 Å². The number of hydrogen-bond acceptors (Lipinski definition) is 6. The molecule has 9 nitrogen and oxygen atoms in total. The summed E-state index contributed by atoms with van der Waals surface area (Å²) in [7, 11) is -5.42.